The van der Waals surface area contributed by atoms with Gasteiger partial charge in [0.05, 0.1) is 25.3 Å². The summed E-state index contributed by atoms with van der Waals surface area (Å²) in [5.74, 6) is -0.444. The number of amides is 3. The van der Waals surface area contributed by atoms with Crippen LogP contribution in [0.5, 0.6) is 5.75 Å². The van der Waals surface area contributed by atoms with E-state index in [-0.39, 0.29) is 42.4 Å². The number of likely N-dealkylation sites (tertiary alicyclic amines) is 2. The summed E-state index contributed by atoms with van der Waals surface area (Å²) in [6.45, 7) is 2.22. The van der Waals surface area contributed by atoms with Gasteiger partial charge in [-0.2, -0.15) is 0 Å². The minimum Gasteiger partial charge on any atom is -0.469 e. The highest BCUT2D eigenvalue weighted by atomic mass is 16.6. The van der Waals surface area contributed by atoms with E-state index in [1.807, 2.05) is 13.0 Å². The maximum atomic E-state index is 13.3. The Morgan fingerprint density at radius 2 is 2.15 bits per heavy atom. The van der Waals surface area contributed by atoms with Crippen LogP contribution in [0.25, 0.3) is 0 Å². The fourth-order valence-electron chi connectivity index (χ4n) is 4.50. The van der Waals surface area contributed by atoms with E-state index in [9.17, 15) is 19.2 Å². The number of carbonyl (C=O) groups excluding carboxylic acids is 4. The van der Waals surface area contributed by atoms with Crippen molar-refractivity contribution in [3.05, 3.63) is 48.7 Å². The molecular weight excluding hydrogens is 428 g/mol. The summed E-state index contributed by atoms with van der Waals surface area (Å²) in [5.41, 5.74) is 0.771. The van der Waals surface area contributed by atoms with Crippen LogP contribution in [0.1, 0.15) is 31.7 Å². The third-order valence-electron chi connectivity index (χ3n) is 5.98. The van der Waals surface area contributed by atoms with Crippen molar-refractivity contribution in [1.82, 2.24) is 20.1 Å². The molecule has 0 spiro atoms. The number of aromatic nitrogens is 1. The van der Waals surface area contributed by atoms with Crippen molar-refractivity contribution >= 4 is 23.7 Å². The third kappa shape index (κ3) is 4.89. The van der Waals surface area contributed by atoms with Crippen LogP contribution in [0.15, 0.2) is 47.5 Å². The predicted molar refractivity (Wildman–Crippen MR) is 115 cm³/mol. The van der Waals surface area contributed by atoms with Gasteiger partial charge in [-0.3, -0.25) is 19.4 Å². The van der Waals surface area contributed by atoms with Crippen LogP contribution in [-0.4, -0.2) is 69.7 Å². The Hall–Kier alpha value is -3.69. The van der Waals surface area contributed by atoms with Gasteiger partial charge in [-0.25, -0.2) is 4.79 Å². The first-order chi connectivity index (χ1) is 16.0. The van der Waals surface area contributed by atoms with Crippen molar-refractivity contribution in [2.24, 2.45) is 0 Å². The van der Waals surface area contributed by atoms with Gasteiger partial charge in [-0.1, -0.05) is 19.4 Å². The highest BCUT2D eigenvalue weighted by molar-refractivity contribution is 5.99. The Bertz CT molecular complexity index is 1010. The van der Waals surface area contributed by atoms with Gasteiger partial charge in [0, 0.05) is 25.0 Å². The lowest BCUT2D eigenvalue weighted by molar-refractivity contribution is -0.138. The molecule has 174 valence electrons. The normalized spacial score (nSPS) is 20.5. The summed E-state index contributed by atoms with van der Waals surface area (Å²) in [5, 5.41) is 2.60. The molecule has 0 radical (unpaired) electrons. The number of nitrogens with zero attached hydrogens (tertiary/aromatic N) is 3. The molecular formula is C23H26N4O6. The van der Waals surface area contributed by atoms with Crippen LogP contribution in [0.2, 0.25) is 0 Å². The number of hydrogen-bond donors (Lipinski definition) is 1. The fraction of sp³-hybridized carbons (Fsp3) is 0.435. The zero-order valence-corrected chi connectivity index (χ0v) is 18.3. The molecule has 0 bridgehead atoms. The maximum absolute atomic E-state index is 13.3. The van der Waals surface area contributed by atoms with Crippen molar-refractivity contribution in [2.75, 3.05) is 13.1 Å². The number of fused-ring (bicyclic) bond motifs is 1. The van der Waals surface area contributed by atoms with Crippen LogP contribution in [0.3, 0.4) is 0 Å². The molecule has 2 saturated heterocycles. The highest BCUT2D eigenvalue weighted by Crippen LogP contribution is 2.31. The van der Waals surface area contributed by atoms with Gasteiger partial charge in [0.1, 0.15) is 18.3 Å². The number of ketones is 1. The monoisotopic (exact) mass is 454 g/mol. The molecule has 0 aliphatic carbocycles. The quantitative estimate of drug-likeness (QED) is 0.674. The number of Topliss-reactive ketones (excluding diaryl/α,β-unsaturated/α-hetero) is 1. The molecule has 10 heteroatoms. The van der Waals surface area contributed by atoms with E-state index in [1.165, 1.54) is 23.5 Å². The van der Waals surface area contributed by atoms with E-state index in [1.54, 1.807) is 23.4 Å². The first kappa shape index (κ1) is 22.5. The molecule has 2 fully saturated rings. The molecule has 33 heavy (non-hydrogen) atoms. The van der Waals surface area contributed by atoms with E-state index >= 15 is 0 Å². The zero-order chi connectivity index (χ0) is 23.4. The Labute approximate surface area is 190 Å². The van der Waals surface area contributed by atoms with Crippen molar-refractivity contribution in [2.45, 2.75) is 50.7 Å². The topological polar surface area (TPSA) is 122 Å². The van der Waals surface area contributed by atoms with Gasteiger partial charge in [0.25, 0.3) is 0 Å². The van der Waals surface area contributed by atoms with Crippen LogP contribution in [0, 0.1) is 0 Å². The minimum atomic E-state index is -0.832. The average Bonchev–Trinajstić information content (AvgIpc) is 3.53. The zero-order valence-electron chi connectivity index (χ0n) is 18.3. The van der Waals surface area contributed by atoms with Crippen molar-refractivity contribution in [3.8, 4) is 5.75 Å². The number of pyridine rings is 1. The Balaban J connectivity index is 1.42. The molecule has 2 aliphatic rings. The molecule has 1 N–H and O–H groups in total. The fourth-order valence-corrected chi connectivity index (χ4v) is 4.50. The molecule has 10 nitrogen and oxygen atoms in total. The number of rotatable bonds is 7. The smallest absolute Gasteiger partial charge is 0.413 e. The SMILES string of the molecule is CCCC(NC(=O)Oc1ccoc1)C(=O)N1CCC2C1C(=O)CN2C(=O)Cc1cccnc1. The second kappa shape index (κ2) is 9.85. The van der Waals surface area contributed by atoms with Gasteiger partial charge in [-0.15, -0.1) is 0 Å². The lowest BCUT2D eigenvalue weighted by atomic mass is 10.1. The summed E-state index contributed by atoms with van der Waals surface area (Å²) in [4.78, 5) is 58.4. The van der Waals surface area contributed by atoms with Gasteiger partial charge in [0.15, 0.2) is 11.5 Å². The summed E-state index contributed by atoms with van der Waals surface area (Å²) in [6, 6.07) is 3.17. The van der Waals surface area contributed by atoms with Gasteiger partial charge in [0.2, 0.25) is 11.8 Å². The molecule has 0 saturated carbocycles. The van der Waals surface area contributed by atoms with Gasteiger partial charge in [-0.05, 0) is 24.5 Å². The second-order valence-electron chi connectivity index (χ2n) is 8.19. The molecule has 4 heterocycles. The number of ether oxygens (including phenoxy) is 1. The molecule has 3 unspecified atom stereocenters. The van der Waals surface area contributed by atoms with Crippen molar-refractivity contribution < 1.29 is 28.3 Å². The number of carbonyl (C=O) groups is 4. The van der Waals surface area contributed by atoms with Crippen molar-refractivity contribution in [3.63, 3.8) is 0 Å². The molecule has 3 amide bonds. The standard InChI is InChI=1S/C23H26N4O6/c1-2-4-17(25-23(31)33-16-7-10-32-14-16)22(30)26-9-6-18-21(26)19(28)13-27(18)20(29)11-15-5-3-8-24-12-15/h3,5,7-8,10,12,14,17-18,21H,2,4,6,9,11,13H2,1H3,(H,25,31). The average molecular weight is 454 g/mol. The maximum Gasteiger partial charge on any atom is 0.413 e. The summed E-state index contributed by atoms with van der Waals surface area (Å²) < 4.78 is 9.99. The summed E-state index contributed by atoms with van der Waals surface area (Å²) in [7, 11) is 0. The Kier molecular flexibility index (Phi) is 6.71. The molecule has 0 aromatic carbocycles. The second-order valence-corrected chi connectivity index (χ2v) is 8.19. The lowest BCUT2D eigenvalue weighted by Gasteiger charge is -2.28. The lowest BCUT2D eigenvalue weighted by Crippen LogP contribution is -2.53. The van der Waals surface area contributed by atoms with Crippen LogP contribution in [0.4, 0.5) is 4.79 Å². The summed E-state index contributed by atoms with van der Waals surface area (Å²) >= 11 is 0. The van der Waals surface area contributed by atoms with E-state index < -0.39 is 18.2 Å². The number of hydrogen-bond acceptors (Lipinski definition) is 7. The van der Waals surface area contributed by atoms with Crippen molar-refractivity contribution in [1.29, 1.82) is 0 Å². The van der Waals surface area contributed by atoms with Crippen LogP contribution in [-0.2, 0) is 20.8 Å². The van der Waals surface area contributed by atoms with Crippen LogP contribution < -0.4 is 10.1 Å². The number of furan rings is 1. The first-order valence-corrected chi connectivity index (χ1v) is 11.0. The number of nitrogens with one attached hydrogen (secondary N) is 1. The van der Waals surface area contributed by atoms with E-state index in [0.29, 0.717) is 25.8 Å². The Morgan fingerprint density at radius 1 is 1.30 bits per heavy atom. The predicted octanol–water partition coefficient (Wildman–Crippen LogP) is 1.56. The largest absolute Gasteiger partial charge is 0.469 e. The van der Waals surface area contributed by atoms with E-state index in [4.69, 9.17) is 9.15 Å². The molecule has 2 aromatic rings. The van der Waals surface area contributed by atoms with Gasteiger partial charge < -0.3 is 24.3 Å². The van der Waals surface area contributed by atoms with E-state index in [2.05, 4.69) is 10.3 Å². The third-order valence-corrected chi connectivity index (χ3v) is 5.98. The molecule has 4 rings (SSSR count). The van der Waals surface area contributed by atoms with Crippen LogP contribution >= 0.6 is 0 Å². The molecule has 3 atom stereocenters. The highest BCUT2D eigenvalue weighted by Gasteiger charge is 2.52. The first-order valence-electron chi connectivity index (χ1n) is 11.0. The minimum absolute atomic E-state index is 0.0212. The van der Waals surface area contributed by atoms with E-state index in [0.717, 1.165) is 5.56 Å². The molecule has 2 aromatic heterocycles. The Morgan fingerprint density at radius 3 is 2.85 bits per heavy atom. The summed E-state index contributed by atoms with van der Waals surface area (Å²) in [6.07, 6.45) is 6.84. The molecule has 2 aliphatic heterocycles. The van der Waals surface area contributed by atoms with Gasteiger partial charge >= 0.3 is 6.09 Å².